The second kappa shape index (κ2) is 8.69. The maximum absolute atomic E-state index is 5.50. The van der Waals surface area contributed by atoms with E-state index in [0.717, 1.165) is 28.7 Å². The first-order chi connectivity index (χ1) is 11.0. The van der Waals surface area contributed by atoms with Crippen LogP contribution in [0.4, 0.5) is 5.69 Å². The maximum atomic E-state index is 5.50. The molecule has 0 atom stereocenters. The van der Waals surface area contributed by atoms with Crippen LogP contribution in [0.3, 0.4) is 0 Å². The number of nitrogens with zero attached hydrogens (tertiary/aromatic N) is 3. The van der Waals surface area contributed by atoms with Crippen molar-refractivity contribution in [3.63, 3.8) is 0 Å². The quantitative estimate of drug-likeness (QED) is 0.226. The highest BCUT2D eigenvalue weighted by Crippen LogP contribution is 2.21. The average molecular weight is 383 g/mol. The van der Waals surface area contributed by atoms with Gasteiger partial charge < -0.3 is 14.2 Å². The van der Waals surface area contributed by atoms with Gasteiger partial charge in [0.1, 0.15) is 6.61 Å². The molecule has 23 heavy (non-hydrogen) atoms. The molecule has 5 heteroatoms. The molecule has 0 unspecified atom stereocenters. The van der Waals surface area contributed by atoms with Crippen molar-refractivity contribution in [2.45, 2.75) is 19.3 Å². The van der Waals surface area contributed by atoms with E-state index < -0.39 is 0 Å². The molecule has 1 aliphatic heterocycles. The lowest BCUT2D eigenvalue weighted by atomic mass is 10.1. The topological polar surface area (TPSA) is 24.8 Å². The van der Waals surface area contributed by atoms with Gasteiger partial charge in [-0.1, -0.05) is 33.2 Å². The van der Waals surface area contributed by atoms with Crippen LogP contribution >= 0.6 is 15.9 Å². The number of hydrogen-bond donors (Lipinski definition) is 0. The van der Waals surface area contributed by atoms with Crippen LogP contribution < -0.4 is 4.90 Å². The summed E-state index contributed by atoms with van der Waals surface area (Å²) in [6, 6.07) is 8.66. The van der Waals surface area contributed by atoms with Gasteiger partial charge in [-0.25, -0.2) is 0 Å². The van der Waals surface area contributed by atoms with E-state index in [0.29, 0.717) is 11.9 Å². The molecule has 1 aromatic carbocycles. The van der Waals surface area contributed by atoms with Crippen molar-refractivity contribution in [3.05, 3.63) is 29.8 Å². The number of oxime groups is 1. The van der Waals surface area contributed by atoms with Crippen LogP contribution in [0.15, 0.2) is 29.4 Å². The van der Waals surface area contributed by atoms with Crippen LogP contribution in [-0.2, 0) is 4.84 Å². The number of anilines is 1. The Morgan fingerprint density at radius 3 is 2.39 bits per heavy atom. The fourth-order valence-electron chi connectivity index (χ4n) is 2.72. The number of hydrogen-bond acceptors (Lipinski definition) is 3. The second-order valence-corrected chi connectivity index (χ2v) is 7.67. The van der Waals surface area contributed by atoms with Gasteiger partial charge in [0, 0.05) is 36.1 Å². The van der Waals surface area contributed by atoms with E-state index in [9.17, 15) is 0 Å². The lowest BCUT2D eigenvalue weighted by Crippen LogP contribution is -2.35. The molecule has 0 saturated carbocycles. The molecule has 0 spiro atoms. The molecule has 0 aliphatic carbocycles. The van der Waals surface area contributed by atoms with E-state index in [-0.39, 0.29) is 0 Å². The molecule has 1 aromatic rings. The van der Waals surface area contributed by atoms with Gasteiger partial charge >= 0.3 is 0 Å². The van der Waals surface area contributed by atoms with Gasteiger partial charge in [0.15, 0.2) is 0 Å². The molecule has 0 N–H and O–H groups in total. The van der Waals surface area contributed by atoms with Gasteiger partial charge in [0.2, 0.25) is 0 Å². The van der Waals surface area contributed by atoms with Gasteiger partial charge in [-0.2, -0.15) is 0 Å². The summed E-state index contributed by atoms with van der Waals surface area (Å²) in [7, 11) is 6.57. The third kappa shape index (κ3) is 6.15. The molecular formula is C18H29BrN3O+. The number of rotatable bonds is 8. The Morgan fingerprint density at radius 1 is 1.17 bits per heavy atom. The Labute approximate surface area is 148 Å². The first-order valence-electron chi connectivity index (χ1n) is 8.40. The lowest BCUT2D eigenvalue weighted by Gasteiger charge is -2.23. The molecule has 4 nitrogen and oxygen atoms in total. The van der Waals surface area contributed by atoms with Crippen molar-refractivity contribution >= 4 is 27.3 Å². The highest BCUT2D eigenvalue weighted by Gasteiger charge is 2.12. The van der Waals surface area contributed by atoms with E-state index in [1.54, 1.807) is 0 Å². The number of benzene rings is 1. The smallest absolute Gasteiger partial charge is 0.122 e. The van der Waals surface area contributed by atoms with Crippen molar-refractivity contribution in [1.82, 2.24) is 0 Å². The average Bonchev–Trinajstić information content (AvgIpc) is 3.04. The summed E-state index contributed by atoms with van der Waals surface area (Å²) >= 11 is 3.51. The molecular weight excluding hydrogens is 354 g/mol. The Morgan fingerprint density at radius 2 is 1.83 bits per heavy atom. The normalized spacial score (nSPS) is 16.0. The minimum atomic E-state index is 0.665. The molecule has 1 aliphatic rings. The van der Waals surface area contributed by atoms with E-state index in [1.807, 2.05) is 0 Å². The van der Waals surface area contributed by atoms with Crippen LogP contribution in [0.1, 0.15) is 24.8 Å². The monoisotopic (exact) mass is 382 g/mol. The van der Waals surface area contributed by atoms with Gasteiger partial charge in [-0.05, 0) is 25.0 Å². The van der Waals surface area contributed by atoms with E-state index >= 15 is 0 Å². The second-order valence-electron chi connectivity index (χ2n) is 7.11. The predicted octanol–water partition coefficient (Wildman–Crippen LogP) is 3.50. The molecule has 1 saturated heterocycles. The highest BCUT2D eigenvalue weighted by atomic mass is 79.9. The summed E-state index contributed by atoms with van der Waals surface area (Å²) < 4.78 is 0.955. The molecule has 1 fully saturated rings. The Balaban J connectivity index is 1.88. The first kappa shape index (κ1) is 18.3. The van der Waals surface area contributed by atoms with Crippen LogP contribution in [-0.4, -0.2) is 62.9 Å². The van der Waals surface area contributed by atoms with Crippen LogP contribution in [0.2, 0.25) is 0 Å². The molecule has 0 radical (unpaired) electrons. The number of alkyl halides is 1. The van der Waals surface area contributed by atoms with E-state index in [2.05, 4.69) is 71.4 Å². The maximum Gasteiger partial charge on any atom is 0.122 e. The van der Waals surface area contributed by atoms with Crippen molar-refractivity contribution in [3.8, 4) is 0 Å². The van der Waals surface area contributed by atoms with Crippen LogP contribution in [0, 0.1) is 0 Å². The Kier molecular flexibility index (Phi) is 6.90. The standard InChI is InChI=1S/C18H29BrN3O/c1-22(2,3)13-6-14-23-20-18(15-19)16-7-9-17(10-8-16)21-11-4-5-12-21/h7-10H,4-6,11-15H2,1-3H3/q+1/b20-18-. The van der Waals surface area contributed by atoms with E-state index in [4.69, 9.17) is 4.84 Å². The Bertz CT molecular complexity index is 502. The van der Waals surface area contributed by atoms with Gasteiger partial charge in [-0.15, -0.1) is 0 Å². The fraction of sp³-hybridized carbons (Fsp3) is 0.611. The van der Waals surface area contributed by atoms with E-state index in [1.165, 1.54) is 31.6 Å². The van der Waals surface area contributed by atoms with Crippen molar-refractivity contribution in [2.75, 3.05) is 57.6 Å². The first-order valence-corrected chi connectivity index (χ1v) is 9.52. The van der Waals surface area contributed by atoms with Crippen LogP contribution in [0.25, 0.3) is 0 Å². The number of quaternary nitrogens is 1. The fourth-order valence-corrected chi connectivity index (χ4v) is 3.15. The molecule has 128 valence electrons. The summed E-state index contributed by atoms with van der Waals surface area (Å²) in [6.45, 7) is 4.10. The van der Waals surface area contributed by atoms with Crippen molar-refractivity contribution in [2.24, 2.45) is 5.16 Å². The van der Waals surface area contributed by atoms with Crippen molar-refractivity contribution in [1.29, 1.82) is 0 Å². The molecule has 1 heterocycles. The summed E-state index contributed by atoms with van der Waals surface area (Å²) in [5.41, 5.74) is 3.38. The third-order valence-corrected chi connectivity index (χ3v) is 4.57. The highest BCUT2D eigenvalue weighted by molar-refractivity contribution is 9.09. The van der Waals surface area contributed by atoms with Gasteiger partial charge in [0.25, 0.3) is 0 Å². The third-order valence-electron chi connectivity index (χ3n) is 4.04. The minimum Gasteiger partial charge on any atom is -0.395 e. The number of halogens is 1. The summed E-state index contributed by atoms with van der Waals surface area (Å²) in [4.78, 5) is 7.94. The Hall–Kier alpha value is -1.07. The summed E-state index contributed by atoms with van der Waals surface area (Å²) in [5, 5.41) is 5.01. The minimum absolute atomic E-state index is 0.665. The zero-order valence-corrected chi connectivity index (χ0v) is 16.2. The molecule has 0 amide bonds. The van der Waals surface area contributed by atoms with Gasteiger partial charge in [-0.3, -0.25) is 0 Å². The summed E-state index contributed by atoms with van der Waals surface area (Å²) in [6.07, 6.45) is 3.62. The zero-order valence-electron chi connectivity index (χ0n) is 14.6. The molecule has 2 rings (SSSR count). The molecule has 0 aromatic heterocycles. The SMILES string of the molecule is C[N+](C)(C)CCCO/N=C(/CBr)c1ccc(N2CCCC2)cc1. The molecule has 0 bridgehead atoms. The van der Waals surface area contributed by atoms with Crippen molar-refractivity contribution < 1.29 is 9.32 Å². The summed E-state index contributed by atoms with van der Waals surface area (Å²) in [5.74, 6) is 0. The van der Waals surface area contributed by atoms with Gasteiger partial charge in [0.05, 0.1) is 33.4 Å². The lowest BCUT2D eigenvalue weighted by molar-refractivity contribution is -0.870. The zero-order chi connectivity index (χ0) is 16.7. The largest absolute Gasteiger partial charge is 0.395 e. The predicted molar refractivity (Wildman–Crippen MR) is 102 cm³/mol. The van der Waals surface area contributed by atoms with Crippen LogP contribution in [0.5, 0.6) is 0 Å².